The van der Waals surface area contributed by atoms with E-state index in [4.69, 9.17) is 21.1 Å². The van der Waals surface area contributed by atoms with Crippen molar-refractivity contribution in [2.24, 2.45) is 0 Å². The molecule has 112 valence electrons. The largest absolute Gasteiger partial charge is 0.487 e. The second-order valence-electron chi connectivity index (χ2n) is 4.02. The van der Waals surface area contributed by atoms with Crippen LogP contribution in [-0.4, -0.2) is 36.6 Å². The van der Waals surface area contributed by atoms with E-state index in [2.05, 4.69) is 20.8 Å². The maximum Gasteiger partial charge on any atom is 0.323 e. The monoisotopic (exact) mass is 310 g/mol. The summed E-state index contributed by atoms with van der Waals surface area (Å²) in [6.45, 7) is 0.754. The van der Waals surface area contributed by atoms with E-state index in [0.717, 1.165) is 0 Å². The number of hydrogen-bond acceptors (Lipinski definition) is 4. The fourth-order valence-electron chi connectivity index (χ4n) is 1.58. The van der Waals surface area contributed by atoms with E-state index in [1.54, 1.807) is 31.5 Å². The standard InChI is InChI=1S/C13H15ClN4O3/c1-20-5-6-21-12-10(14)3-2-4-11(12)18-13(19)17-9-7-15-16-8-9/h2-4,7-8H,5-6H2,1H3,(H,15,16)(H2,17,18,19). The summed E-state index contributed by atoms with van der Waals surface area (Å²) in [5.74, 6) is 0.401. The molecule has 0 aliphatic rings. The summed E-state index contributed by atoms with van der Waals surface area (Å²) in [5.41, 5.74) is 1.02. The molecule has 0 saturated heterocycles. The highest BCUT2D eigenvalue weighted by molar-refractivity contribution is 6.32. The molecule has 0 bridgehead atoms. The van der Waals surface area contributed by atoms with Gasteiger partial charge < -0.3 is 20.1 Å². The highest BCUT2D eigenvalue weighted by Crippen LogP contribution is 2.32. The van der Waals surface area contributed by atoms with Crippen LogP contribution in [0.5, 0.6) is 5.75 Å². The van der Waals surface area contributed by atoms with E-state index in [1.165, 1.54) is 6.20 Å². The van der Waals surface area contributed by atoms with Crippen molar-refractivity contribution in [3.05, 3.63) is 35.6 Å². The van der Waals surface area contributed by atoms with Gasteiger partial charge in [-0.1, -0.05) is 17.7 Å². The number of aromatic nitrogens is 2. The number of halogens is 1. The first-order valence-corrected chi connectivity index (χ1v) is 6.55. The number of carbonyl (C=O) groups excluding carboxylic acids is 1. The van der Waals surface area contributed by atoms with Gasteiger partial charge in [0.25, 0.3) is 0 Å². The number of ether oxygens (including phenoxy) is 2. The number of aromatic amines is 1. The summed E-state index contributed by atoms with van der Waals surface area (Å²) in [7, 11) is 1.58. The van der Waals surface area contributed by atoms with Crippen molar-refractivity contribution >= 4 is 29.0 Å². The molecule has 1 heterocycles. The molecule has 0 saturated carbocycles. The molecule has 0 unspecified atom stereocenters. The van der Waals surface area contributed by atoms with Gasteiger partial charge in [-0.2, -0.15) is 5.10 Å². The minimum atomic E-state index is -0.421. The van der Waals surface area contributed by atoms with E-state index in [9.17, 15) is 4.79 Å². The van der Waals surface area contributed by atoms with Gasteiger partial charge in [-0.05, 0) is 12.1 Å². The normalized spacial score (nSPS) is 10.2. The Labute approximate surface area is 126 Å². The predicted octanol–water partition coefficient (Wildman–Crippen LogP) is 2.73. The number of carbonyl (C=O) groups is 1. The zero-order chi connectivity index (χ0) is 15.1. The predicted molar refractivity (Wildman–Crippen MR) is 80.1 cm³/mol. The van der Waals surface area contributed by atoms with Gasteiger partial charge in [0.2, 0.25) is 0 Å². The Kier molecular flexibility index (Phi) is 5.42. The van der Waals surface area contributed by atoms with Crippen LogP contribution in [0.4, 0.5) is 16.2 Å². The Morgan fingerprint density at radius 2 is 2.24 bits per heavy atom. The number of rotatable bonds is 6. The lowest BCUT2D eigenvalue weighted by molar-refractivity contribution is 0.147. The Morgan fingerprint density at radius 3 is 2.95 bits per heavy atom. The van der Waals surface area contributed by atoms with Crippen LogP contribution in [0.1, 0.15) is 0 Å². The Balaban J connectivity index is 2.04. The van der Waals surface area contributed by atoms with Crippen molar-refractivity contribution in [1.29, 1.82) is 0 Å². The molecule has 1 aromatic heterocycles. The molecule has 0 radical (unpaired) electrons. The average Bonchev–Trinajstić information content (AvgIpc) is 2.94. The lowest BCUT2D eigenvalue weighted by atomic mass is 10.3. The van der Waals surface area contributed by atoms with E-state index >= 15 is 0 Å². The van der Waals surface area contributed by atoms with Crippen LogP contribution in [0.25, 0.3) is 0 Å². The summed E-state index contributed by atoms with van der Waals surface area (Å²) < 4.78 is 10.4. The number of anilines is 2. The number of hydrogen-bond donors (Lipinski definition) is 3. The van der Waals surface area contributed by atoms with Crippen LogP contribution in [0.2, 0.25) is 5.02 Å². The molecule has 7 nitrogen and oxygen atoms in total. The number of nitrogens with one attached hydrogen (secondary N) is 3. The summed E-state index contributed by atoms with van der Waals surface area (Å²) in [6.07, 6.45) is 3.06. The van der Waals surface area contributed by atoms with Gasteiger partial charge in [0, 0.05) is 13.3 Å². The van der Waals surface area contributed by atoms with Crippen LogP contribution < -0.4 is 15.4 Å². The van der Waals surface area contributed by atoms with Gasteiger partial charge in [0.1, 0.15) is 6.61 Å². The molecule has 3 N–H and O–H groups in total. The third-order valence-electron chi connectivity index (χ3n) is 2.51. The molecule has 2 amide bonds. The molecule has 21 heavy (non-hydrogen) atoms. The Hall–Kier alpha value is -2.25. The number of H-pyrrole nitrogens is 1. The van der Waals surface area contributed by atoms with E-state index in [1.807, 2.05) is 0 Å². The van der Waals surface area contributed by atoms with Crippen molar-refractivity contribution in [1.82, 2.24) is 10.2 Å². The Bertz CT molecular complexity index is 589. The minimum Gasteiger partial charge on any atom is -0.487 e. The number of nitrogens with zero attached hydrogens (tertiary/aromatic N) is 1. The topological polar surface area (TPSA) is 88.3 Å². The third-order valence-corrected chi connectivity index (χ3v) is 2.80. The van der Waals surface area contributed by atoms with E-state index in [0.29, 0.717) is 35.4 Å². The van der Waals surface area contributed by atoms with Crippen LogP contribution in [0, 0.1) is 0 Å². The van der Waals surface area contributed by atoms with Gasteiger partial charge in [-0.15, -0.1) is 0 Å². The minimum absolute atomic E-state index is 0.332. The molecule has 2 rings (SSSR count). The molecule has 0 aliphatic heterocycles. The van der Waals surface area contributed by atoms with Crippen LogP contribution >= 0.6 is 11.6 Å². The summed E-state index contributed by atoms with van der Waals surface area (Å²) >= 11 is 6.08. The van der Waals surface area contributed by atoms with Gasteiger partial charge in [0.05, 0.1) is 29.2 Å². The van der Waals surface area contributed by atoms with Crippen molar-refractivity contribution in [2.45, 2.75) is 0 Å². The smallest absolute Gasteiger partial charge is 0.323 e. The number of methoxy groups -OCH3 is 1. The summed E-state index contributed by atoms with van der Waals surface area (Å²) in [4.78, 5) is 11.9. The lowest BCUT2D eigenvalue weighted by Crippen LogP contribution is -2.20. The molecule has 0 atom stereocenters. The summed E-state index contributed by atoms with van der Waals surface area (Å²) in [5, 5.41) is 12.0. The number of urea groups is 1. The van der Waals surface area contributed by atoms with Crippen molar-refractivity contribution in [3.63, 3.8) is 0 Å². The highest BCUT2D eigenvalue weighted by Gasteiger charge is 2.11. The van der Waals surface area contributed by atoms with Crippen LogP contribution in [-0.2, 0) is 4.74 Å². The average molecular weight is 311 g/mol. The van der Waals surface area contributed by atoms with E-state index < -0.39 is 6.03 Å². The fraction of sp³-hybridized carbons (Fsp3) is 0.231. The second kappa shape index (κ2) is 7.51. The third kappa shape index (κ3) is 4.37. The van der Waals surface area contributed by atoms with E-state index in [-0.39, 0.29) is 0 Å². The lowest BCUT2D eigenvalue weighted by Gasteiger charge is -2.13. The van der Waals surface area contributed by atoms with Crippen LogP contribution in [0.3, 0.4) is 0 Å². The fourth-order valence-corrected chi connectivity index (χ4v) is 1.81. The first kappa shape index (κ1) is 15.1. The maximum atomic E-state index is 11.9. The van der Waals surface area contributed by atoms with Crippen molar-refractivity contribution in [3.8, 4) is 5.75 Å². The van der Waals surface area contributed by atoms with Crippen molar-refractivity contribution in [2.75, 3.05) is 31.0 Å². The van der Waals surface area contributed by atoms with Crippen molar-refractivity contribution < 1.29 is 14.3 Å². The SMILES string of the molecule is COCCOc1c(Cl)cccc1NC(=O)Nc1cn[nH]c1. The molecule has 0 spiro atoms. The molecule has 0 fully saturated rings. The molecule has 2 aromatic rings. The quantitative estimate of drug-likeness (QED) is 0.716. The van der Waals surface area contributed by atoms with Gasteiger partial charge >= 0.3 is 6.03 Å². The maximum absolute atomic E-state index is 11.9. The zero-order valence-corrected chi connectivity index (χ0v) is 12.1. The number of amides is 2. The van der Waals surface area contributed by atoms with Gasteiger partial charge in [-0.3, -0.25) is 5.10 Å². The molecule has 0 aliphatic carbocycles. The molecular formula is C13H15ClN4O3. The molecule has 8 heteroatoms. The number of para-hydroxylation sites is 1. The van der Waals surface area contributed by atoms with Crippen LogP contribution in [0.15, 0.2) is 30.6 Å². The molecular weight excluding hydrogens is 296 g/mol. The highest BCUT2D eigenvalue weighted by atomic mass is 35.5. The Morgan fingerprint density at radius 1 is 1.38 bits per heavy atom. The van der Waals surface area contributed by atoms with Gasteiger partial charge in [-0.25, -0.2) is 4.79 Å². The first-order chi connectivity index (χ1) is 10.2. The first-order valence-electron chi connectivity index (χ1n) is 6.17. The number of benzene rings is 1. The van der Waals surface area contributed by atoms with Gasteiger partial charge in [0.15, 0.2) is 5.75 Å². The zero-order valence-electron chi connectivity index (χ0n) is 11.4. The molecule has 1 aromatic carbocycles. The second-order valence-corrected chi connectivity index (χ2v) is 4.43. The summed E-state index contributed by atoms with van der Waals surface area (Å²) in [6, 6.07) is 4.68.